The lowest BCUT2D eigenvalue weighted by Crippen LogP contribution is -2.44. The number of rotatable bonds is 4. The topological polar surface area (TPSA) is 147 Å². The minimum Gasteiger partial charge on any atom is -0.380 e. The first-order chi connectivity index (χ1) is 17.4. The number of hydrogen-bond donors (Lipinski definition) is 2. The highest BCUT2D eigenvalue weighted by Crippen LogP contribution is 2.43. The number of hydrogen-bond acceptors (Lipinski definition) is 9. The highest BCUT2D eigenvalue weighted by Gasteiger charge is 2.49. The van der Waals surface area contributed by atoms with Crippen molar-refractivity contribution < 1.29 is 9.32 Å². The van der Waals surface area contributed by atoms with E-state index >= 15 is 0 Å². The quantitative estimate of drug-likeness (QED) is 0.429. The third kappa shape index (κ3) is 3.60. The number of fused-ring (bicyclic) bond motifs is 3. The fourth-order valence-electron chi connectivity index (χ4n) is 5.36. The van der Waals surface area contributed by atoms with E-state index in [4.69, 9.17) is 32.1 Å². The number of nitrogens with two attached hydrogens (primary N) is 1. The lowest BCUT2D eigenvalue weighted by atomic mass is 10.0. The highest BCUT2D eigenvalue weighted by molar-refractivity contribution is 6.34. The van der Waals surface area contributed by atoms with E-state index in [0.29, 0.717) is 33.4 Å². The molecule has 2 aliphatic rings. The molecule has 1 amide bonds. The van der Waals surface area contributed by atoms with Crippen molar-refractivity contribution in [1.29, 1.82) is 5.26 Å². The molecule has 4 heterocycles. The van der Waals surface area contributed by atoms with Crippen LogP contribution in [0, 0.1) is 24.2 Å². The first kappa shape index (κ1) is 22.2. The number of anilines is 2. The zero-order valence-corrected chi connectivity index (χ0v) is 20.0. The van der Waals surface area contributed by atoms with Crippen molar-refractivity contribution in [1.82, 2.24) is 25.4 Å². The molecule has 0 spiro atoms. The van der Waals surface area contributed by atoms with Gasteiger partial charge in [0.25, 0.3) is 5.91 Å². The van der Waals surface area contributed by atoms with Gasteiger partial charge in [0.15, 0.2) is 11.6 Å². The van der Waals surface area contributed by atoms with Gasteiger partial charge in [0.1, 0.15) is 6.07 Å². The van der Waals surface area contributed by atoms with E-state index in [1.165, 1.54) is 0 Å². The van der Waals surface area contributed by atoms with E-state index in [2.05, 4.69) is 25.3 Å². The van der Waals surface area contributed by atoms with Gasteiger partial charge in [0.2, 0.25) is 11.4 Å². The van der Waals surface area contributed by atoms with Crippen molar-refractivity contribution in [3.63, 3.8) is 0 Å². The summed E-state index contributed by atoms with van der Waals surface area (Å²) in [5.74, 6) is 1.21. The number of nitriles is 1. The predicted octanol–water partition coefficient (Wildman–Crippen LogP) is 3.49. The maximum absolute atomic E-state index is 13.2. The summed E-state index contributed by atoms with van der Waals surface area (Å²) in [6.45, 7) is 2.67. The summed E-state index contributed by atoms with van der Waals surface area (Å²) in [5, 5.41) is 17.1. The molecule has 3 atom stereocenters. The van der Waals surface area contributed by atoms with E-state index in [-0.39, 0.29) is 29.7 Å². The number of nitrogen functional groups attached to an aromatic ring is 1. The summed E-state index contributed by atoms with van der Waals surface area (Å²) in [6.07, 6.45) is 5.06. The second-order valence-corrected chi connectivity index (χ2v) is 9.60. The van der Waals surface area contributed by atoms with Crippen LogP contribution < -0.4 is 16.0 Å². The molecule has 36 heavy (non-hydrogen) atoms. The van der Waals surface area contributed by atoms with Gasteiger partial charge < -0.3 is 20.5 Å². The van der Waals surface area contributed by atoms with Crippen LogP contribution in [0.4, 0.5) is 11.6 Å². The molecule has 11 heteroatoms. The third-order valence-electron chi connectivity index (χ3n) is 7.05. The molecule has 1 aliphatic heterocycles. The lowest BCUT2D eigenvalue weighted by molar-refractivity contribution is 0.0932. The third-order valence-corrected chi connectivity index (χ3v) is 7.36. The van der Waals surface area contributed by atoms with Crippen molar-refractivity contribution in [2.45, 2.75) is 31.8 Å². The van der Waals surface area contributed by atoms with Gasteiger partial charge in [-0.25, -0.2) is 15.0 Å². The van der Waals surface area contributed by atoms with Crippen LogP contribution in [0.5, 0.6) is 0 Å². The van der Waals surface area contributed by atoms with E-state index in [0.717, 1.165) is 36.0 Å². The second-order valence-electron chi connectivity index (χ2n) is 9.19. The summed E-state index contributed by atoms with van der Waals surface area (Å²) in [5.41, 5.74) is 9.24. The molecule has 0 unspecified atom stereocenters. The Kier molecular flexibility index (Phi) is 5.23. The summed E-state index contributed by atoms with van der Waals surface area (Å²) in [7, 11) is 0. The van der Waals surface area contributed by atoms with Crippen LogP contribution in [0.3, 0.4) is 0 Å². The summed E-state index contributed by atoms with van der Waals surface area (Å²) >= 11 is 6.51. The van der Waals surface area contributed by atoms with Crippen molar-refractivity contribution in [3.05, 3.63) is 58.8 Å². The Hall–Kier alpha value is -4.23. The molecule has 3 aromatic heterocycles. The average Bonchev–Trinajstić information content (AvgIpc) is 3.56. The van der Waals surface area contributed by atoms with Crippen molar-refractivity contribution in [2.75, 3.05) is 17.2 Å². The largest absolute Gasteiger partial charge is 0.380 e. The van der Waals surface area contributed by atoms with E-state index in [1.54, 1.807) is 30.6 Å². The minimum absolute atomic E-state index is 0.0437. The summed E-state index contributed by atoms with van der Waals surface area (Å²) in [6, 6.07) is 8.99. The average molecular weight is 501 g/mol. The van der Waals surface area contributed by atoms with Crippen LogP contribution in [0.25, 0.3) is 22.1 Å². The molecule has 1 saturated carbocycles. The highest BCUT2D eigenvalue weighted by atomic mass is 35.5. The molecular formula is C25H21ClN8O2. The van der Waals surface area contributed by atoms with E-state index < -0.39 is 0 Å². The summed E-state index contributed by atoms with van der Waals surface area (Å²) < 4.78 is 5.51. The fourth-order valence-corrected chi connectivity index (χ4v) is 5.63. The van der Waals surface area contributed by atoms with Gasteiger partial charge in [0, 0.05) is 30.2 Å². The zero-order chi connectivity index (χ0) is 25.0. The Morgan fingerprint density at radius 3 is 2.81 bits per heavy atom. The SMILES string of the molecule is Cc1cc2c(N)noc2c(N2C[C@@H]3CC[C@H]2[C@@H]3NC(=O)c2ccc(-c3cnc(C#N)nc3)cc2Cl)n1. The second kappa shape index (κ2) is 8.46. The normalized spacial score (nSPS) is 20.6. The number of aromatic nitrogens is 4. The molecule has 0 radical (unpaired) electrons. The molecule has 1 saturated heterocycles. The number of pyridine rings is 1. The molecular weight excluding hydrogens is 480 g/mol. The Morgan fingerprint density at radius 2 is 2.06 bits per heavy atom. The van der Waals surface area contributed by atoms with Gasteiger partial charge >= 0.3 is 0 Å². The zero-order valence-electron chi connectivity index (χ0n) is 19.3. The number of nitrogens with one attached hydrogen (secondary N) is 1. The molecule has 180 valence electrons. The van der Waals surface area contributed by atoms with Gasteiger partial charge in [-0.3, -0.25) is 4.79 Å². The van der Waals surface area contributed by atoms with Crippen molar-refractivity contribution in [2.24, 2.45) is 5.92 Å². The van der Waals surface area contributed by atoms with Gasteiger partial charge in [-0.2, -0.15) is 5.26 Å². The van der Waals surface area contributed by atoms with Crippen LogP contribution in [0.2, 0.25) is 5.02 Å². The molecule has 2 bridgehead atoms. The predicted molar refractivity (Wildman–Crippen MR) is 133 cm³/mol. The molecule has 1 aromatic carbocycles. The van der Waals surface area contributed by atoms with Gasteiger partial charge in [0.05, 0.1) is 28.1 Å². The number of aryl methyl sites for hydroxylation is 1. The number of carbonyl (C=O) groups is 1. The monoisotopic (exact) mass is 500 g/mol. The molecule has 4 aromatic rings. The number of nitrogens with zero attached hydrogens (tertiary/aromatic N) is 6. The van der Waals surface area contributed by atoms with Crippen LogP contribution in [-0.4, -0.2) is 44.6 Å². The van der Waals surface area contributed by atoms with Crippen LogP contribution in [-0.2, 0) is 0 Å². The maximum atomic E-state index is 13.2. The number of benzene rings is 1. The molecule has 3 N–H and O–H groups in total. The first-order valence-corrected chi connectivity index (χ1v) is 11.9. The number of halogens is 1. The van der Waals surface area contributed by atoms with Crippen molar-refractivity contribution >= 4 is 40.1 Å². The lowest BCUT2D eigenvalue weighted by Gasteiger charge is -2.28. The van der Waals surface area contributed by atoms with Gasteiger partial charge in [-0.1, -0.05) is 22.8 Å². The van der Waals surface area contributed by atoms with E-state index in [9.17, 15) is 4.79 Å². The number of piperidine rings is 1. The van der Waals surface area contributed by atoms with Gasteiger partial charge in [-0.15, -0.1) is 0 Å². The van der Waals surface area contributed by atoms with Crippen LogP contribution in [0.15, 0.2) is 41.2 Å². The summed E-state index contributed by atoms with van der Waals surface area (Å²) in [4.78, 5) is 28.2. The first-order valence-electron chi connectivity index (χ1n) is 11.5. The Bertz CT molecular complexity index is 1540. The van der Waals surface area contributed by atoms with Crippen LogP contribution >= 0.6 is 11.6 Å². The Morgan fingerprint density at radius 1 is 1.25 bits per heavy atom. The smallest absolute Gasteiger partial charge is 0.253 e. The molecule has 1 aliphatic carbocycles. The standard InChI is InChI=1S/C25H21ClN8O2/c1-12-6-17-22(36-33-23(17)28)24(31-12)34-11-14-3-5-19(34)21(14)32-25(35)16-4-2-13(7-18(16)26)15-9-29-20(8-27)30-10-15/h2,4,6-7,9-10,14,19,21H,3,5,11H2,1H3,(H2,28,33)(H,32,35)/t14-,19-,21+/m0/s1. The van der Waals surface area contributed by atoms with Gasteiger partial charge in [-0.05, 0) is 49.4 Å². The number of amides is 1. The maximum Gasteiger partial charge on any atom is 0.253 e. The Balaban J connectivity index is 1.23. The minimum atomic E-state index is -0.224. The van der Waals surface area contributed by atoms with Crippen LogP contribution in [0.1, 0.15) is 34.7 Å². The fraction of sp³-hybridized carbons (Fsp3) is 0.280. The van der Waals surface area contributed by atoms with Crippen molar-refractivity contribution in [3.8, 4) is 17.2 Å². The molecule has 6 rings (SSSR count). The number of carbonyl (C=O) groups excluding carboxylic acids is 1. The molecule has 10 nitrogen and oxygen atoms in total. The van der Waals surface area contributed by atoms with E-state index in [1.807, 2.05) is 19.1 Å². The molecule has 2 fully saturated rings. The Labute approximate surface area is 211 Å².